The van der Waals surface area contributed by atoms with Gasteiger partial charge in [-0.2, -0.15) is 0 Å². The van der Waals surface area contributed by atoms with E-state index in [1.807, 2.05) is 26.8 Å². The van der Waals surface area contributed by atoms with Crippen LogP contribution in [0.25, 0.3) is 0 Å². The molecule has 0 spiro atoms. The highest BCUT2D eigenvalue weighted by Gasteiger charge is 2.35. The quantitative estimate of drug-likeness (QED) is 0.242. The van der Waals surface area contributed by atoms with Gasteiger partial charge in [-0.15, -0.1) is 0 Å². The van der Waals surface area contributed by atoms with E-state index >= 15 is 0 Å². The third-order valence-electron chi connectivity index (χ3n) is 8.18. The average Bonchev–Trinajstić information content (AvgIpc) is 2.99. The van der Waals surface area contributed by atoms with Crippen molar-refractivity contribution in [1.82, 2.24) is 10.2 Å². The second-order valence-electron chi connectivity index (χ2n) is 11.0. The second-order valence-corrected chi connectivity index (χ2v) is 13.7. The smallest absolute Gasteiger partial charge is 0.264 e. The van der Waals surface area contributed by atoms with E-state index in [1.54, 1.807) is 48.5 Å². The molecule has 4 rings (SSSR count). The number of rotatable bonds is 11. The summed E-state index contributed by atoms with van der Waals surface area (Å²) in [4.78, 5) is 29.6. The monoisotopic (exact) mass is 643 g/mol. The fraction of sp³-hybridized carbons (Fsp3) is 0.394. The molecule has 10 heteroatoms. The van der Waals surface area contributed by atoms with Crippen LogP contribution in [0.15, 0.2) is 71.6 Å². The van der Waals surface area contributed by atoms with Crippen LogP contribution in [-0.2, 0) is 26.2 Å². The molecule has 0 heterocycles. The molecule has 1 fully saturated rings. The number of halogens is 2. The van der Waals surface area contributed by atoms with E-state index < -0.39 is 28.5 Å². The third-order valence-corrected chi connectivity index (χ3v) is 10.7. The summed E-state index contributed by atoms with van der Waals surface area (Å²) in [5.41, 5.74) is 2.51. The van der Waals surface area contributed by atoms with Crippen LogP contribution in [0.3, 0.4) is 0 Å². The number of aryl methyl sites for hydroxylation is 1. The maximum absolute atomic E-state index is 14.4. The van der Waals surface area contributed by atoms with Gasteiger partial charge in [-0.3, -0.25) is 13.9 Å². The lowest BCUT2D eigenvalue weighted by Crippen LogP contribution is -2.54. The van der Waals surface area contributed by atoms with Crippen LogP contribution in [0, 0.1) is 13.8 Å². The van der Waals surface area contributed by atoms with Crippen molar-refractivity contribution < 1.29 is 18.0 Å². The predicted molar refractivity (Wildman–Crippen MR) is 173 cm³/mol. The molecule has 1 aliphatic rings. The van der Waals surface area contributed by atoms with Crippen LogP contribution in [0.1, 0.15) is 62.1 Å². The zero-order valence-electron chi connectivity index (χ0n) is 24.9. The van der Waals surface area contributed by atoms with Gasteiger partial charge in [-0.1, -0.05) is 85.8 Å². The van der Waals surface area contributed by atoms with Gasteiger partial charge in [0.05, 0.1) is 10.6 Å². The molecule has 0 bridgehead atoms. The highest BCUT2D eigenvalue weighted by atomic mass is 35.5. The highest BCUT2D eigenvalue weighted by molar-refractivity contribution is 7.92. The summed E-state index contributed by atoms with van der Waals surface area (Å²) < 4.78 is 29.3. The second kappa shape index (κ2) is 14.6. The van der Waals surface area contributed by atoms with Gasteiger partial charge in [0.1, 0.15) is 12.6 Å². The summed E-state index contributed by atoms with van der Waals surface area (Å²) in [5.74, 6) is -0.808. The number of carbonyl (C=O) groups excluding carboxylic acids is 2. The van der Waals surface area contributed by atoms with Gasteiger partial charge in [-0.25, -0.2) is 8.42 Å². The van der Waals surface area contributed by atoms with Crippen molar-refractivity contribution in [3.8, 4) is 0 Å². The van der Waals surface area contributed by atoms with E-state index in [1.165, 1.54) is 17.0 Å². The average molecular weight is 645 g/mol. The molecule has 230 valence electrons. The van der Waals surface area contributed by atoms with Crippen LogP contribution in [-0.4, -0.2) is 43.8 Å². The summed E-state index contributed by atoms with van der Waals surface area (Å²) in [6, 6.07) is 17.6. The summed E-state index contributed by atoms with van der Waals surface area (Å²) in [5, 5.41) is 3.86. The number of nitrogens with zero attached hydrogens (tertiary/aromatic N) is 2. The number of nitrogens with one attached hydrogen (secondary N) is 1. The van der Waals surface area contributed by atoms with Gasteiger partial charge in [0.2, 0.25) is 11.8 Å². The number of carbonyl (C=O) groups is 2. The maximum atomic E-state index is 14.4. The first-order valence-corrected chi connectivity index (χ1v) is 16.9. The zero-order valence-corrected chi connectivity index (χ0v) is 27.2. The van der Waals surface area contributed by atoms with Gasteiger partial charge in [0.25, 0.3) is 10.0 Å². The molecule has 43 heavy (non-hydrogen) atoms. The van der Waals surface area contributed by atoms with E-state index in [0.29, 0.717) is 27.7 Å². The van der Waals surface area contributed by atoms with Gasteiger partial charge < -0.3 is 10.2 Å². The van der Waals surface area contributed by atoms with E-state index in [4.69, 9.17) is 23.2 Å². The first-order chi connectivity index (χ1) is 20.5. The summed E-state index contributed by atoms with van der Waals surface area (Å²) in [6.45, 7) is 4.98. The Morgan fingerprint density at radius 2 is 1.53 bits per heavy atom. The van der Waals surface area contributed by atoms with Crippen molar-refractivity contribution in [3.63, 3.8) is 0 Å². The largest absolute Gasteiger partial charge is 0.352 e. The van der Waals surface area contributed by atoms with Crippen molar-refractivity contribution >= 4 is 50.7 Å². The molecule has 7 nitrogen and oxygen atoms in total. The Hall–Kier alpha value is -3.07. The highest BCUT2D eigenvalue weighted by Crippen LogP contribution is 2.31. The first-order valence-electron chi connectivity index (χ1n) is 14.7. The molecule has 0 saturated heterocycles. The molecule has 0 radical (unpaired) electrons. The Morgan fingerprint density at radius 1 is 0.907 bits per heavy atom. The molecule has 0 aliphatic heterocycles. The normalized spacial score (nSPS) is 14.6. The van der Waals surface area contributed by atoms with Crippen molar-refractivity contribution in [2.24, 2.45) is 0 Å². The number of benzene rings is 3. The Morgan fingerprint density at radius 3 is 2.16 bits per heavy atom. The van der Waals surface area contributed by atoms with E-state index in [0.717, 1.165) is 47.5 Å². The molecule has 1 aliphatic carbocycles. The fourth-order valence-electron chi connectivity index (χ4n) is 5.56. The molecule has 0 unspecified atom stereocenters. The minimum absolute atomic E-state index is 0.0426. The standard InChI is InChI=1S/C33H39Cl2N3O4S/c1-4-30(33(40)36-25-14-7-5-8-15-25)37(21-27-28(34)18-12-19-29(27)35)32(39)22-38(31-20-11-13-23(2)24(31)3)43(41,42)26-16-9-6-10-17-26/h6,9-13,16-20,25,30H,4-5,7-8,14-15,21-22H2,1-3H3,(H,36,40)/t30-/m1/s1. The Balaban J connectivity index is 1.76. The predicted octanol–water partition coefficient (Wildman–Crippen LogP) is 7.06. The Kier molecular flexibility index (Phi) is 11.2. The lowest BCUT2D eigenvalue weighted by atomic mass is 9.95. The van der Waals surface area contributed by atoms with E-state index in [2.05, 4.69) is 5.32 Å². The van der Waals surface area contributed by atoms with Gasteiger partial charge >= 0.3 is 0 Å². The van der Waals surface area contributed by atoms with E-state index in [9.17, 15) is 18.0 Å². The van der Waals surface area contributed by atoms with Crippen molar-refractivity contribution in [2.45, 2.75) is 82.8 Å². The fourth-order valence-corrected chi connectivity index (χ4v) is 7.57. The Labute approximate surface area is 265 Å². The molecular formula is C33H39Cl2N3O4S. The molecule has 2 amide bonds. The lowest BCUT2D eigenvalue weighted by Gasteiger charge is -2.35. The minimum Gasteiger partial charge on any atom is -0.352 e. The zero-order chi connectivity index (χ0) is 31.1. The lowest BCUT2D eigenvalue weighted by molar-refractivity contribution is -0.140. The molecule has 3 aromatic carbocycles. The molecular weight excluding hydrogens is 605 g/mol. The van der Waals surface area contributed by atoms with E-state index in [-0.39, 0.29) is 23.4 Å². The third kappa shape index (κ3) is 7.72. The molecule has 3 aromatic rings. The SMILES string of the molecule is CC[C@H](C(=O)NC1CCCCC1)N(Cc1c(Cl)cccc1Cl)C(=O)CN(c1cccc(C)c1C)S(=O)(=O)c1ccccc1. The summed E-state index contributed by atoms with van der Waals surface area (Å²) in [6.07, 6.45) is 5.33. The van der Waals surface area contributed by atoms with Crippen LogP contribution in [0.5, 0.6) is 0 Å². The minimum atomic E-state index is -4.15. The van der Waals surface area contributed by atoms with Gasteiger partial charge in [0.15, 0.2) is 0 Å². The molecule has 0 aromatic heterocycles. The van der Waals surface area contributed by atoms with Crippen LogP contribution in [0.2, 0.25) is 10.0 Å². The van der Waals surface area contributed by atoms with Crippen molar-refractivity contribution in [1.29, 1.82) is 0 Å². The van der Waals surface area contributed by atoms with Gasteiger partial charge in [0, 0.05) is 28.2 Å². The number of sulfonamides is 1. The van der Waals surface area contributed by atoms with Crippen LogP contribution < -0.4 is 9.62 Å². The topological polar surface area (TPSA) is 86.8 Å². The number of amides is 2. The molecule has 1 saturated carbocycles. The van der Waals surface area contributed by atoms with Crippen molar-refractivity contribution in [2.75, 3.05) is 10.8 Å². The van der Waals surface area contributed by atoms with Crippen molar-refractivity contribution in [3.05, 3.63) is 93.5 Å². The maximum Gasteiger partial charge on any atom is 0.264 e. The van der Waals surface area contributed by atoms with Gasteiger partial charge in [-0.05, 0) is 74.6 Å². The number of hydrogen-bond acceptors (Lipinski definition) is 4. The number of hydrogen-bond donors (Lipinski definition) is 1. The van der Waals surface area contributed by atoms with Crippen LogP contribution >= 0.6 is 23.2 Å². The number of anilines is 1. The molecule has 1 atom stereocenters. The first kappa shape index (κ1) is 32.8. The Bertz CT molecular complexity index is 1520. The molecule has 1 N–H and O–H groups in total. The summed E-state index contributed by atoms with van der Waals surface area (Å²) >= 11 is 13.0. The van der Waals surface area contributed by atoms with Crippen LogP contribution in [0.4, 0.5) is 5.69 Å². The summed E-state index contributed by atoms with van der Waals surface area (Å²) in [7, 11) is -4.15.